The van der Waals surface area contributed by atoms with Crippen molar-refractivity contribution in [2.45, 2.75) is 103 Å². The molecule has 7 rings (SSSR count). The Morgan fingerprint density at radius 1 is 0.736 bits per heavy atom. The molecule has 1 N–H and O–H groups in total. The third-order valence-corrected chi connectivity index (χ3v) is 12.5. The molecule has 4 aliphatic rings. The maximum Gasteiger partial charge on any atom is 0.312 e. The van der Waals surface area contributed by atoms with Crippen LogP contribution in [0.2, 0.25) is 0 Å². The molecule has 3 aromatic carbocycles. The Kier molecular flexibility index (Phi) is 11.5. The van der Waals surface area contributed by atoms with Gasteiger partial charge in [0.05, 0.1) is 12.1 Å². The number of aryl methyl sites for hydroxylation is 1. The highest BCUT2D eigenvalue weighted by molar-refractivity contribution is 6.36. The molecule has 1 saturated carbocycles. The Bertz CT molecular complexity index is 1790. The third kappa shape index (κ3) is 8.45. The van der Waals surface area contributed by atoms with E-state index in [0.717, 1.165) is 43.2 Å². The molecule has 9 nitrogen and oxygen atoms in total. The lowest BCUT2D eigenvalue weighted by molar-refractivity contribution is -0.162. The van der Waals surface area contributed by atoms with Crippen molar-refractivity contribution in [1.82, 2.24) is 24.9 Å². The van der Waals surface area contributed by atoms with Gasteiger partial charge in [0.2, 0.25) is 0 Å². The summed E-state index contributed by atoms with van der Waals surface area (Å²) in [6.07, 6.45) is 9.05. The fourth-order valence-electron chi connectivity index (χ4n) is 9.41. The van der Waals surface area contributed by atoms with E-state index in [-0.39, 0.29) is 36.0 Å². The molecule has 1 aliphatic carbocycles. The number of rotatable bonds is 12. The SMILES string of the molecule is Cc1ccc(C[C@@H]2CN([C@H](Cc3ccc4ccccc4c3)CN3CCC[C@H]3CN3C(=O)C(=O)NC[C@@H]3C(C)C)C(=O)C(=O)N2CC2CCCCC2)cc1. The van der Waals surface area contributed by atoms with Gasteiger partial charge in [-0.15, -0.1) is 0 Å². The number of carbonyl (C=O) groups is 4. The average Bonchev–Trinajstić information content (AvgIpc) is 3.60. The molecule has 3 aliphatic heterocycles. The summed E-state index contributed by atoms with van der Waals surface area (Å²) in [7, 11) is 0. The van der Waals surface area contributed by atoms with Crippen LogP contribution < -0.4 is 5.32 Å². The molecule has 9 heteroatoms. The van der Waals surface area contributed by atoms with E-state index in [0.29, 0.717) is 51.5 Å². The molecule has 53 heavy (non-hydrogen) atoms. The highest BCUT2D eigenvalue weighted by Crippen LogP contribution is 2.30. The monoisotopic (exact) mass is 719 g/mol. The molecular formula is C44H57N5O4. The molecule has 4 amide bonds. The zero-order valence-electron chi connectivity index (χ0n) is 31.8. The second-order valence-electron chi connectivity index (χ2n) is 16.6. The molecule has 4 fully saturated rings. The molecule has 0 radical (unpaired) electrons. The highest BCUT2D eigenvalue weighted by Gasteiger charge is 2.44. The van der Waals surface area contributed by atoms with Crippen LogP contribution in [-0.2, 0) is 32.0 Å². The Labute approximate surface area is 315 Å². The van der Waals surface area contributed by atoms with Crippen LogP contribution in [0.25, 0.3) is 10.8 Å². The van der Waals surface area contributed by atoms with Crippen LogP contribution in [0, 0.1) is 18.8 Å². The topological polar surface area (TPSA) is 93.3 Å². The number of hydrogen-bond donors (Lipinski definition) is 1. The van der Waals surface area contributed by atoms with Crippen LogP contribution in [0.4, 0.5) is 0 Å². The molecular weight excluding hydrogens is 663 g/mol. The number of likely N-dealkylation sites (tertiary alicyclic amines) is 1. The summed E-state index contributed by atoms with van der Waals surface area (Å²) >= 11 is 0. The predicted octanol–water partition coefficient (Wildman–Crippen LogP) is 5.37. The quantitative estimate of drug-likeness (QED) is 0.255. The number of piperazine rings is 2. The third-order valence-electron chi connectivity index (χ3n) is 12.5. The van der Waals surface area contributed by atoms with Crippen molar-refractivity contribution >= 4 is 34.4 Å². The van der Waals surface area contributed by atoms with E-state index in [1.807, 2.05) is 15.9 Å². The average molecular weight is 720 g/mol. The van der Waals surface area contributed by atoms with Gasteiger partial charge in [0, 0.05) is 44.8 Å². The summed E-state index contributed by atoms with van der Waals surface area (Å²) in [4.78, 5) is 62.6. The summed E-state index contributed by atoms with van der Waals surface area (Å²) in [6, 6.07) is 23.1. The first kappa shape index (κ1) is 37.1. The molecule has 0 unspecified atom stereocenters. The Hall–Kier alpha value is -4.24. The van der Waals surface area contributed by atoms with Gasteiger partial charge in [0.25, 0.3) is 0 Å². The predicted molar refractivity (Wildman–Crippen MR) is 208 cm³/mol. The lowest BCUT2D eigenvalue weighted by Crippen LogP contribution is -2.65. The smallest absolute Gasteiger partial charge is 0.312 e. The number of fused-ring (bicyclic) bond motifs is 1. The van der Waals surface area contributed by atoms with E-state index >= 15 is 0 Å². The summed E-state index contributed by atoms with van der Waals surface area (Å²) in [6.45, 7) is 9.79. The minimum Gasteiger partial charge on any atom is -0.346 e. The van der Waals surface area contributed by atoms with E-state index < -0.39 is 17.7 Å². The van der Waals surface area contributed by atoms with Crippen LogP contribution in [-0.4, -0.2) is 107 Å². The van der Waals surface area contributed by atoms with E-state index in [9.17, 15) is 19.2 Å². The number of amides is 4. The summed E-state index contributed by atoms with van der Waals surface area (Å²) in [5, 5.41) is 5.11. The largest absolute Gasteiger partial charge is 0.346 e. The van der Waals surface area contributed by atoms with Gasteiger partial charge in [0.15, 0.2) is 0 Å². The van der Waals surface area contributed by atoms with Crippen molar-refractivity contribution < 1.29 is 19.2 Å². The summed E-state index contributed by atoms with van der Waals surface area (Å²) < 4.78 is 0. The van der Waals surface area contributed by atoms with Gasteiger partial charge < -0.3 is 20.0 Å². The van der Waals surface area contributed by atoms with Gasteiger partial charge in [-0.25, -0.2) is 0 Å². The Morgan fingerprint density at radius 3 is 2.23 bits per heavy atom. The van der Waals surface area contributed by atoms with Crippen molar-refractivity contribution in [3.63, 3.8) is 0 Å². The van der Waals surface area contributed by atoms with Gasteiger partial charge in [-0.1, -0.05) is 105 Å². The summed E-state index contributed by atoms with van der Waals surface area (Å²) in [5.41, 5.74) is 3.51. The van der Waals surface area contributed by atoms with Crippen molar-refractivity contribution in [2.24, 2.45) is 11.8 Å². The number of nitrogens with one attached hydrogen (secondary N) is 1. The number of carbonyl (C=O) groups excluding carboxylic acids is 4. The van der Waals surface area contributed by atoms with Crippen LogP contribution in [0.3, 0.4) is 0 Å². The van der Waals surface area contributed by atoms with E-state index in [1.165, 1.54) is 35.8 Å². The van der Waals surface area contributed by atoms with Crippen molar-refractivity contribution in [3.8, 4) is 0 Å². The fourth-order valence-corrected chi connectivity index (χ4v) is 9.41. The molecule has 3 aromatic rings. The van der Waals surface area contributed by atoms with Gasteiger partial charge in [-0.3, -0.25) is 24.1 Å². The van der Waals surface area contributed by atoms with Crippen LogP contribution >= 0.6 is 0 Å². The maximum atomic E-state index is 14.5. The normalized spacial score (nSPS) is 24.1. The maximum absolute atomic E-state index is 14.5. The fraction of sp³-hybridized carbons (Fsp3) is 0.545. The Morgan fingerprint density at radius 2 is 1.47 bits per heavy atom. The molecule has 3 heterocycles. The lowest BCUT2D eigenvalue weighted by Gasteiger charge is -2.46. The number of benzene rings is 3. The minimum absolute atomic E-state index is 0.0602. The van der Waals surface area contributed by atoms with Gasteiger partial charge in [0.1, 0.15) is 0 Å². The first-order chi connectivity index (χ1) is 25.6. The van der Waals surface area contributed by atoms with Crippen LogP contribution in [0.1, 0.15) is 75.5 Å². The molecule has 3 saturated heterocycles. The second-order valence-corrected chi connectivity index (χ2v) is 16.6. The van der Waals surface area contributed by atoms with Gasteiger partial charge in [-0.2, -0.15) is 0 Å². The van der Waals surface area contributed by atoms with Crippen LogP contribution in [0.5, 0.6) is 0 Å². The highest BCUT2D eigenvalue weighted by atomic mass is 16.2. The van der Waals surface area contributed by atoms with Gasteiger partial charge in [-0.05, 0) is 85.7 Å². The van der Waals surface area contributed by atoms with Crippen LogP contribution in [0.15, 0.2) is 66.7 Å². The standard InChI is InChI=1S/C44H57N5O4/c1-30(2)40-25-45-41(50)42(51)49(40)28-37-14-9-21-46(37)27-38(24-34-19-20-35-12-7-8-13-36(35)22-34)48-29-39(23-32-17-15-31(3)16-18-32)47(43(52)44(48)53)26-33-10-5-4-6-11-33/h7-8,12-13,15-20,22,30,33,37-40H,4-6,9-11,14,21,23-29H2,1-3H3,(H,45,50)/t37-,38+,39+,40+/m0/s1. The Balaban J connectivity index is 1.19. The molecule has 4 atom stereocenters. The zero-order chi connectivity index (χ0) is 37.1. The number of hydrogen-bond acceptors (Lipinski definition) is 5. The minimum atomic E-state index is -0.532. The molecule has 0 aromatic heterocycles. The van der Waals surface area contributed by atoms with Crippen molar-refractivity contribution in [2.75, 3.05) is 39.3 Å². The van der Waals surface area contributed by atoms with E-state index in [1.54, 1.807) is 4.90 Å². The lowest BCUT2D eigenvalue weighted by atomic mass is 9.87. The van der Waals surface area contributed by atoms with Crippen molar-refractivity contribution in [1.29, 1.82) is 0 Å². The first-order valence-corrected chi connectivity index (χ1v) is 20.1. The second kappa shape index (κ2) is 16.4. The zero-order valence-corrected chi connectivity index (χ0v) is 31.8. The molecule has 0 bridgehead atoms. The van der Waals surface area contributed by atoms with Gasteiger partial charge >= 0.3 is 23.6 Å². The number of nitrogens with zero attached hydrogens (tertiary/aromatic N) is 4. The van der Waals surface area contributed by atoms with E-state index in [4.69, 9.17) is 0 Å². The summed E-state index contributed by atoms with van der Waals surface area (Å²) in [5.74, 6) is -1.12. The van der Waals surface area contributed by atoms with E-state index in [2.05, 4.69) is 91.7 Å². The van der Waals surface area contributed by atoms with Crippen molar-refractivity contribution in [3.05, 3.63) is 83.4 Å². The molecule has 282 valence electrons. The first-order valence-electron chi connectivity index (χ1n) is 20.1. The molecule has 0 spiro atoms.